The Morgan fingerprint density at radius 3 is 1.59 bits per heavy atom. The summed E-state index contributed by atoms with van der Waals surface area (Å²) in [6.07, 6.45) is 6.39. The van der Waals surface area contributed by atoms with Crippen LogP contribution >= 0.6 is 11.6 Å². The van der Waals surface area contributed by atoms with Gasteiger partial charge in [-0.2, -0.15) is 19.9 Å². The van der Waals surface area contributed by atoms with Crippen molar-refractivity contribution in [3.8, 4) is 45.8 Å². The number of nitrogens with zero attached hydrogens (tertiary/aromatic N) is 12. The van der Waals surface area contributed by atoms with Crippen molar-refractivity contribution in [1.29, 1.82) is 0 Å². The molecule has 8 heterocycles. The third-order valence-electron chi connectivity index (χ3n) is 10.9. The highest BCUT2D eigenvalue weighted by Crippen LogP contribution is 2.39. The molecule has 3 N–H and O–H groups in total. The number of methoxy groups -OCH3 is 2. The van der Waals surface area contributed by atoms with Crippen LogP contribution in [0.5, 0.6) is 23.3 Å². The number of rotatable bonds is 8. The minimum atomic E-state index is -0.648. The Morgan fingerprint density at radius 1 is 0.606 bits per heavy atom. The number of aromatic nitrogens is 10. The second-order valence-corrected chi connectivity index (χ2v) is 16.0. The highest BCUT2D eigenvalue weighted by molar-refractivity contribution is 6.28. The number of anilines is 5. The summed E-state index contributed by atoms with van der Waals surface area (Å²) >= 11 is 5.76. The van der Waals surface area contributed by atoms with Crippen molar-refractivity contribution in [2.75, 3.05) is 62.4 Å². The van der Waals surface area contributed by atoms with Gasteiger partial charge in [-0.05, 0) is 97.2 Å². The first-order valence-electron chi connectivity index (χ1n) is 21.4. The first-order valence-corrected chi connectivity index (χ1v) is 21.8. The van der Waals surface area contributed by atoms with Crippen LogP contribution in [0.25, 0.3) is 22.5 Å². The van der Waals surface area contributed by atoms with Crippen LogP contribution in [-0.2, 0) is 0 Å². The zero-order valence-corrected chi connectivity index (χ0v) is 39.5. The predicted octanol–water partition coefficient (Wildman–Crippen LogP) is 8.65. The van der Waals surface area contributed by atoms with E-state index in [2.05, 4.69) is 55.2 Å². The van der Waals surface area contributed by atoms with Crippen molar-refractivity contribution in [3.63, 3.8) is 0 Å². The van der Waals surface area contributed by atoms with E-state index in [4.69, 9.17) is 36.3 Å². The fourth-order valence-electron chi connectivity index (χ4n) is 7.50. The minimum absolute atomic E-state index is 0.0882. The number of fused-ring (bicyclic) bond motifs is 2. The number of hydrogen-bond donors (Lipinski definition) is 2. The standard InChI is InChI=1S/C24H21F2N7O2.C13H10ClF2N3O.C11H12N4O/c1-13-27-7-6-18(29-13)17-4-5-21(30-23(17)34-3)31-24-28-11-20-22(32-24)33(2)19(12-35-20)14-8-15(25)10-16(26)9-14;1-19-10(7-2-8(15)4-9(16)3-7)6-20-11-5-17-13(14)18-12(11)19;1-7-13-6-5-9(14-7)8-3-4-10(12)15-11(8)16-2/h4-11,19H,12H2,1-3H3,(H,28,30,31,32);2-5,10H,6H2,1H3;3-6H,1-2H3,(H2,12,15). The molecule has 2 aromatic carbocycles. The average molecular weight is 991 g/mol. The van der Waals surface area contributed by atoms with E-state index in [1.807, 2.05) is 32.0 Å². The molecular formula is C48H43ClF4N14O4. The maximum absolute atomic E-state index is 13.8. The Balaban J connectivity index is 0.000000158. The SMILES string of the molecule is CN1c2nc(Cl)ncc2OCC1c1cc(F)cc(F)c1.COc1nc(N)ccc1-c1ccnc(C)n1.COc1nc(Nc2ncc3c(n2)N(C)C(c2cc(F)cc(F)c2)CO3)ccc1-c1ccnc(C)n1. The number of benzene rings is 2. The lowest BCUT2D eigenvalue weighted by atomic mass is 10.0. The zero-order chi connectivity index (χ0) is 50.3. The van der Waals surface area contributed by atoms with E-state index in [0.717, 1.165) is 23.4 Å². The predicted molar refractivity (Wildman–Crippen MR) is 256 cm³/mol. The number of likely N-dealkylation sites (N-methyl/N-ethyl adjacent to an activating group) is 2. The molecule has 18 nitrogen and oxygen atoms in total. The molecule has 0 amide bonds. The molecule has 0 fully saturated rings. The Hall–Kier alpha value is -8.53. The first-order chi connectivity index (χ1) is 34.2. The van der Waals surface area contributed by atoms with Gasteiger partial charge in [0, 0.05) is 38.6 Å². The summed E-state index contributed by atoms with van der Waals surface area (Å²) in [6.45, 7) is 4.09. The zero-order valence-electron chi connectivity index (χ0n) is 38.8. The third kappa shape index (κ3) is 11.5. The summed E-state index contributed by atoms with van der Waals surface area (Å²) in [4.78, 5) is 45.8. The smallest absolute Gasteiger partial charge is 0.230 e. The Bertz CT molecular complexity index is 3180. The van der Waals surface area contributed by atoms with E-state index in [0.29, 0.717) is 80.6 Å². The maximum Gasteiger partial charge on any atom is 0.230 e. The van der Waals surface area contributed by atoms with Gasteiger partial charge in [0.25, 0.3) is 0 Å². The second kappa shape index (κ2) is 21.4. The van der Waals surface area contributed by atoms with Crippen LogP contribution in [0.1, 0.15) is 34.9 Å². The highest BCUT2D eigenvalue weighted by atomic mass is 35.5. The van der Waals surface area contributed by atoms with Crippen molar-refractivity contribution in [1.82, 2.24) is 49.8 Å². The van der Waals surface area contributed by atoms with Gasteiger partial charge >= 0.3 is 0 Å². The van der Waals surface area contributed by atoms with Crippen molar-refractivity contribution >= 4 is 40.8 Å². The molecule has 2 aliphatic rings. The second-order valence-electron chi connectivity index (χ2n) is 15.6. The number of nitrogens with two attached hydrogens (primary N) is 1. The fraction of sp³-hybridized carbons (Fsp3) is 0.208. The lowest BCUT2D eigenvalue weighted by Crippen LogP contribution is -2.34. The lowest BCUT2D eigenvalue weighted by molar-refractivity contribution is 0.264. The van der Waals surface area contributed by atoms with E-state index >= 15 is 0 Å². The molecule has 2 aliphatic heterocycles. The number of nitrogen functional groups attached to an aromatic ring is 1. The van der Waals surface area contributed by atoms with E-state index < -0.39 is 29.3 Å². The summed E-state index contributed by atoms with van der Waals surface area (Å²) in [6, 6.07) is 16.8. The van der Waals surface area contributed by atoms with E-state index in [1.165, 1.54) is 37.6 Å². The van der Waals surface area contributed by atoms with Gasteiger partial charge in [-0.1, -0.05) is 0 Å². The molecule has 0 saturated heterocycles. The first kappa shape index (κ1) is 48.9. The van der Waals surface area contributed by atoms with Crippen LogP contribution in [0.3, 0.4) is 0 Å². The monoisotopic (exact) mass is 990 g/mol. The third-order valence-corrected chi connectivity index (χ3v) is 11.0. The van der Waals surface area contributed by atoms with E-state index in [9.17, 15) is 17.6 Å². The highest BCUT2D eigenvalue weighted by Gasteiger charge is 2.30. The Morgan fingerprint density at radius 2 is 1.08 bits per heavy atom. The molecule has 0 spiro atoms. The van der Waals surface area contributed by atoms with Crippen LogP contribution in [0.2, 0.25) is 5.28 Å². The van der Waals surface area contributed by atoms with Crippen molar-refractivity contribution < 1.29 is 36.5 Å². The molecule has 8 aromatic rings. The van der Waals surface area contributed by atoms with Crippen LogP contribution in [-0.4, -0.2) is 91.4 Å². The van der Waals surface area contributed by atoms with Gasteiger partial charge in [0.1, 0.15) is 59.8 Å². The van der Waals surface area contributed by atoms with Crippen molar-refractivity contribution in [2.24, 2.45) is 0 Å². The molecule has 23 heteroatoms. The van der Waals surface area contributed by atoms with Crippen LogP contribution in [0, 0.1) is 37.1 Å². The summed E-state index contributed by atoms with van der Waals surface area (Å²) < 4.78 is 76.1. The topological polar surface area (TPSA) is 210 Å². The Labute approximate surface area is 409 Å². The Kier molecular flexibility index (Phi) is 14.7. The molecule has 0 bridgehead atoms. The van der Waals surface area contributed by atoms with Crippen molar-refractivity contribution in [2.45, 2.75) is 25.9 Å². The van der Waals surface area contributed by atoms with Gasteiger partial charge in [-0.15, -0.1) is 0 Å². The number of pyridine rings is 2. The quantitative estimate of drug-likeness (QED) is 0.108. The number of hydrogen-bond acceptors (Lipinski definition) is 18. The summed E-state index contributed by atoms with van der Waals surface area (Å²) in [5.74, 6) is 2.71. The van der Waals surface area contributed by atoms with Crippen LogP contribution < -0.4 is 39.8 Å². The summed E-state index contributed by atoms with van der Waals surface area (Å²) in [5, 5.41) is 3.15. The number of nitrogens with one attached hydrogen (secondary N) is 1. The van der Waals surface area contributed by atoms with E-state index in [1.54, 1.807) is 67.8 Å². The van der Waals surface area contributed by atoms with Gasteiger partial charge in [-0.25, -0.2) is 47.5 Å². The normalized spacial score (nSPS) is 14.5. The summed E-state index contributed by atoms with van der Waals surface area (Å²) in [7, 11) is 6.63. The molecule has 0 saturated carbocycles. The van der Waals surface area contributed by atoms with Crippen molar-refractivity contribution in [3.05, 3.63) is 149 Å². The number of ether oxygens (including phenoxy) is 4. The maximum atomic E-state index is 13.8. The van der Waals surface area contributed by atoms with Gasteiger partial charge in [0.15, 0.2) is 23.1 Å². The number of aryl methyl sites for hydroxylation is 2. The molecule has 71 heavy (non-hydrogen) atoms. The molecule has 2 unspecified atom stereocenters. The molecule has 0 radical (unpaired) electrons. The van der Waals surface area contributed by atoms with Crippen LogP contribution in [0.15, 0.2) is 97.6 Å². The van der Waals surface area contributed by atoms with Gasteiger partial charge < -0.3 is 39.8 Å². The van der Waals surface area contributed by atoms with Gasteiger partial charge in [0.05, 0.1) is 61.2 Å². The summed E-state index contributed by atoms with van der Waals surface area (Å²) in [5.41, 5.74) is 9.50. The molecule has 364 valence electrons. The van der Waals surface area contributed by atoms with Crippen LogP contribution in [0.4, 0.5) is 46.8 Å². The molecular weight excluding hydrogens is 948 g/mol. The van der Waals surface area contributed by atoms with Gasteiger partial charge in [0.2, 0.25) is 23.0 Å². The van der Waals surface area contributed by atoms with Gasteiger partial charge in [-0.3, -0.25) is 0 Å². The minimum Gasteiger partial charge on any atom is -0.486 e. The lowest BCUT2D eigenvalue weighted by Gasteiger charge is -2.35. The van der Waals surface area contributed by atoms with E-state index in [-0.39, 0.29) is 30.5 Å². The molecule has 2 atom stereocenters. The molecule has 6 aromatic heterocycles. The molecule has 0 aliphatic carbocycles. The molecule has 10 rings (SSSR count). The fourth-order valence-corrected chi connectivity index (χ4v) is 7.62. The number of halogens is 5. The largest absolute Gasteiger partial charge is 0.486 e. The average Bonchev–Trinajstić information content (AvgIpc) is 3.34.